The molecule has 2 unspecified atom stereocenters. The van der Waals surface area contributed by atoms with Crippen molar-refractivity contribution in [3.8, 4) is 5.75 Å². The van der Waals surface area contributed by atoms with Crippen molar-refractivity contribution in [3.63, 3.8) is 0 Å². The van der Waals surface area contributed by atoms with Gasteiger partial charge in [0.2, 0.25) is 5.91 Å². The zero-order valence-corrected chi connectivity index (χ0v) is 13.7. The summed E-state index contributed by atoms with van der Waals surface area (Å²) in [4.78, 5) is 12.1. The molecule has 0 heterocycles. The Morgan fingerprint density at radius 3 is 2.90 bits per heavy atom. The van der Waals surface area contributed by atoms with Gasteiger partial charge < -0.3 is 15.8 Å². The summed E-state index contributed by atoms with van der Waals surface area (Å²) in [7, 11) is 1.59. The van der Waals surface area contributed by atoms with Crippen molar-refractivity contribution in [3.05, 3.63) is 28.8 Å². The smallest absolute Gasteiger partial charge is 0.223 e. The number of nitrogens with two attached hydrogens (primary N) is 1. The highest BCUT2D eigenvalue weighted by Crippen LogP contribution is 2.25. The Labute approximate surface area is 136 Å². The quantitative estimate of drug-likeness (QED) is 0.890. The van der Waals surface area contributed by atoms with E-state index in [1.165, 1.54) is 0 Å². The molecule has 3 N–H and O–H groups in total. The van der Waals surface area contributed by atoms with Crippen LogP contribution in [0.5, 0.6) is 5.75 Å². The van der Waals surface area contributed by atoms with E-state index in [0.29, 0.717) is 17.3 Å². The molecule has 0 radical (unpaired) electrons. The summed E-state index contributed by atoms with van der Waals surface area (Å²) in [5.41, 5.74) is 6.84. The van der Waals surface area contributed by atoms with Crippen molar-refractivity contribution in [2.75, 3.05) is 7.11 Å². The van der Waals surface area contributed by atoms with Crippen LogP contribution in [-0.4, -0.2) is 19.1 Å². The predicted octanol–water partition coefficient (Wildman–Crippen LogP) is 2.90. The molecule has 1 aromatic rings. The van der Waals surface area contributed by atoms with Crippen LogP contribution in [0.25, 0.3) is 0 Å². The Kier molecular flexibility index (Phi) is 7.29. The molecule has 0 bridgehead atoms. The second-order valence-corrected chi connectivity index (χ2v) is 5.73. The molecule has 6 heteroatoms. The maximum absolute atomic E-state index is 12.1. The molecule has 1 saturated carbocycles. The van der Waals surface area contributed by atoms with Crippen LogP contribution in [0.1, 0.15) is 31.2 Å². The van der Waals surface area contributed by atoms with Crippen LogP contribution in [0.4, 0.5) is 0 Å². The Morgan fingerprint density at radius 1 is 1.48 bits per heavy atom. The number of rotatable bonds is 4. The highest BCUT2D eigenvalue weighted by molar-refractivity contribution is 6.30. The summed E-state index contributed by atoms with van der Waals surface area (Å²) < 4.78 is 5.27. The number of hydrogen-bond acceptors (Lipinski definition) is 3. The van der Waals surface area contributed by atoms with Gasteiger partial charge in [0.15, 0.2) is 0 Å². The first-order valence-electron chi connectivity index (χ1n) is 6.96. The fourth-order valence-corrected chi connectivity index (χ4v) is 2.82. The molecular formula is C15H22Cl2N2O2. The van der Waals surface area contributed by atoms with Crippen molar-refractivity contribution < 1.29 is 9.53 Å². The summed E-state index contributed by atoms with van der Waals surface area (Å²) in [5.74, 6) is 0.812. The summed E-state index contributed by atoms with van der Waals surface area (Å²) in [5, 5.41) is 3.59. The largest absolute Gasteiger partial charge is 0.496 e. The summed E-state index contributed by atoms with van der Waals surface area (Å²) in [6, 6.07) is 5.57. The van der Waals surface area contributed by atoms with Gasteiger partial charge in [-0.15, -0.1) is 12.4 Å². The van der Waals surface area contributed by atoms with Crippen molar-refractivity contribution in [2.45, 2.75) is 38.3 Å². The molecule has 1 fully saturated rings. The molecule has 0 spiro atoms. The maximum Gasteiger partial charge on any atom is 0.223 e. The van der Waals surface area contributed by atoms with Crippen molar-refractivity contribution >= 4 is 29.9 Å². The second-order valence-electron chi connectivity index (χ2n) is 5.30. The molecule has 4 nitrogen and oxygen atoms in total. The second kappa shape index (κ2) is 8.47. The number of nitrogens with one attached hydrogen (secondary N) is 1. The van der Waals surface area contributed by atoms with E-state index < -0.39 is 0 Å². The van der Waals surface area contributed by atoms with Crippen LogP contribution in [0.2, 0.25) is 5.02 Å². The predicted molar refractivity (Wildman–Crippen MR) is 87.0 cm³/mol. The molecule has 1 aliphatic carbocycles. The molecule has 1 aliphatic rings. The van der Waals surface area contributed by atoms with Gasteiger partial charge >= 0.3 is 0 Å². The van der Waals surface area contributed by atoms with Crippen LogP contribution in [-0.2, 0) is 11.3 Å². The van der Waals surface area contributed by atoms with Gasteiger partial charge in [-0.25, -0.2) is 0 Å². The van der Waals surface area contributed by atoms with Gasteiger partial charge in [0.05, 0.1) is 7.11 Å². The van der Waals surface area contributed by atoms with Crippen LogP contribution in [0.3, 0.4) is 0 Å². The van der Waals surface area contributed by atoms with E-state index in [2.05, 4.69) is 5.32 Å². The van der Waals surface area contributed by atoms with Gasteiger partial charge in [-0.2, -0.15) is 0 Å². The first-order chi connectivity index (χ1) is 9.60. The number of carbonyl (C=O) groups is 1. The Morgan fingerprint density at radius 2 is 2.24 bits per heavy atom. The Bertz CT molecular complexity index is 483. The minimum Gasteiger partial charge on any atom is -0.496 e. The third-order valence-corrected chi connectivity index (χ3v) is 4.02. The highest BCUT2D eigenvalue weighted by atomic mass is 35.5. The van der Waals surface area contributed by atoms with Crippen LogP contribution in [0.15, 0.2) is 18.2 Å². The maximum atomic E-state index is 12.1. The molecule has 118 valence electrons. The van der Waals surface area contributed by atoms with Crippen molar-refractivity contribution in [1.29, 1.82) is 0 Å². The van der Waals surface area contributed by atoms with Gasteiger partial charge in [0.25, 0.3) is 0 Å². The average Bonchev–Trinajstić information content (AvgIpc) is 2.45. The average molecular weight is 333 g/mol. The first kappa shape index (κ1) is 18.1. The molecule has 1 amide bonds. The number of methoxy groups -OCH3 is 1. The molecular weight excluding hydrogens is 311 g/mol. The molecule has 0 aliphatic heterocycles. The van der Waals surface area contributed by atoms with E-state index in [0.717, 1.165) is 31.2 Å². The van der Waals surface area contributed by atoms with Crippen LogP contribution >= 0.6 is 24.0 Å². The molecule has 2 rings (SSSR count). The lowest BCUT2D eigenvalue weighted by molar-refractivity contribution is -0.126. The molecule has 0 aromatic heterocycles. The van der Waals surface area contributed by atoms with E-state index in [9.17, 15) is 4.79 Å². The third kappa shape index (κ3) is 5.06. The Balaban J connectivity index is 0.00000220. The SMILES string of the molecule is COc1cc(Cl)ccc1CNC(=O)C1CCCC(N)C1.Cl. The van der Waals surface area contributed by atoms with Gasteiger partial charge in [0, 0.05) is 29.1 Å². The zero-order chi connectivity index (χ0) is 14.5. The summed E-state index contributed by atoms with van der Waals surface area (Å²) in [6.45, 7) is 0.449. The van der Waals surface area contributed by atoms with E-state index in [4.69, 9.17) is 22.1 Å². The summed E-state index contributed by atoms with van der Waals surface area (Å²) in [6.07, 6.45) is 3.76. The van der Waals surface area contributed by atoms with Crippen molar-refractivity contribution in [1.82, 2.24) is 5.32 Å². The van der Waals surface area contributed by atoms with Gasteiger partial charge in [0.1, 0.15) is 5.75 Å². The lowest BCUT2D eigenvalue weighted by Crippen LogP contribution is -2.37. The van der Waals surface area contributed by atoms with E-state index in [-0.39, 0.29) is 30.3 Å². The number of ether oxygens (including phenoxy) is 1. The summed E-state index contributed by atoms with van der Waals surface area (Å²) >= 11 is 5.91. The van der Waals surface area contributed by atoms with Gasteiger partial charge in [-0.1, -0.05) is 24.1 Å². The lowest BCUT2D eigenvalue weighted by atomic mass is 9.85. The monoisotopic (exact) mass is 332 g/mol. The number of halogens is 2. The number of benzene rings is 1. The highest BCUT2D eigenvalue weighted by Gasteiger charge is 2.25. The Hall–Kier alpha value is -0.970. The fraction of sp³-hybridized carbons (Fsp3) is 0.533. The van der Waals surface area contributed by atoms with Gasteiger partial charge in [-0.05, 0) is 31.4 Å². The minimum absolute atomic E-state index is 0. The molecule has 0 saturated heterocycles. The zero-order valence-electron chi connectivity index (χ0n) is 12.1. The first-order valence-corrected chi connectivity index (χ1v) is 7.33. The standard InChI is InChI=1S/C15H21ClN2O2.ClH/c1-20-14-8-12(16)6-5-11(14)9-18-15(19)10-3-2-4-13(17)7-10;/h5-6,8,10,13H,2-4,7,9,17H2,1H3,(H,18,19);1H. The lowest BCUT2D eigenvalue weighted by Gasteiger charge is -2.25. The van der Waals surface area contributed by atoms with E-state index in [1.807, 2.05) is 6.07 Å². The number of hydrogen-bond donors (Lipinski definition) is 2. The molecule has 21 heavy (non-hydrogen) atoms. The van der Waals surface area contributed by atoms with Crippen LogP contribution < -0.4 is 15.8 Å². The van der Waals surface area contributed by atoms with Crippen LogP contribution in [0, 0.1) is 5.92 Å². The van der Waals surface area contributed by atoms with Gasteiger partial charge in [-0.3, -0.25) is 4.79 Å². The van der Waals surface area contributed by atoms with E-state index in [1.54, 1.807) is 19.2 Å². The molecule has 2 atom stereocenters. The minimum atomic E-state index is 0. The fourth-order valence-electron chi connectivity index (χ4n) is 2.66. The number of carbonyl (C=O) groups excluding carboxylic acids is 1. The topological polar surface area (TPSA) is 64.3 Å². The molecule has 1 aromatic carbocycles. The third-order valence-electron chi connectivity index (χ3n) is 3.79. The normalized spacial score (nSPS) is 21.3. The van der Waals surface area contributed by atoms with Crippen molar-refractivity contribution in [2.24, 2.45) is 11.7 Å². The number of amides is 1. The van der Waals surface area contributed by atoms with E-state index >= 15 is 0 Å².